The quantitative estimate of drug-likeness (QED) is 0.813. The van der Waals surface area contributed by atoms with E-state index in [1.807, 2.05) is 0 Å². The number of hydrogen-bond donors (Lipinski definition) is 1. The van der Waals surface area contributed by atoms with E-state index < -0.39 is 11.1 Å². The molecule has 0 radical (unpaired) electrons. The maximum atomic E-state index is 11.5. The SMILES string of the molecule is O=C1NC(=O)/C(=C/c2ccc(-c3c(Cl)cccc3Cl)o2)S1. The van der Waals surface area contributed by atoms with E-state index in [2.05, 4.69) is 5.32 Å². The van der Waals surface area contributed by atoms with Crippen LogP contribution in [0.3, 0.4) is 0 Å². The van der Waals surface area contributed by atoms with E-state index >= 15 is 0 Å². The van der Waals surface area contributed by atoms with Gasteiger partial charge < -0.3 is 4.42 Å². The first-order chi connectivity index (χ1) is 10.0. The monoisotopic (exact) mass is 339 g/mol. The van der Waals surface area contributed by atoms with Gasteiger partial charge in [-0.2, -0.15) is 0 Å². The van der Waals surface area contributed by atoms with E-state index in [1.165, 1.54) is 6.08 Å². The average Bonchev–Trinajstić information content (AvgIpc) is 2.97. The molecule has 0 atom stereocenters. The molecule has 0 spiro atoms. The molecule has 0 bridgehead atoms. The van der Waals surface area contributed by atoms with Crippen molar-refractivity contribution in [1.82, 2.24) is 5.32 Å². The molecular weight excluding hydrogens is 333 g/mol. The second-order valence-electron chi connectivity index (χ2n) is 4.15. The standard InChI is InChI=1S/C14H7Cl2NO3S/c15-8-2-1-3-9(16)12(8)10-5-4-7(20-10)6-11-13(18)17-14(19)21-11/h1-6H,(H,17,18,19)/b11-6-. The number of amides is 2. The highest BCUT2D eigenvalue weighted by Crippen LogP contribution is 2.36. The van der Waals surface area contributed by atoms with Crippen molar-refractivity contribution in [2.45, 2.75) is 0 Å². The molecule has 2 amide bonds. The predicted octanol–water partition coefficient (Wildman–Crippen LogP) is 4.58. The predicted molar refractivity (Wildman–Crippen MR) is 83.3 cm³/mol. The fraction of sp³-hybridized carbons (Fsp3) is 0. The fourth-order valence-corrected chi connectivity index (χ4v) is 3.09. The van der Waals surface area contributed by atoms with Crippen molar-refractivity contribution in [2.24, 2.45) is 0 Å². The molecule has 1 aromatic heterocycles. The van der Waals surface area contributed by atoms with Gasteiger partial charge in [0, 0.05) is 6.08 Å². The van der Waals surface area contributed by atoms with Crippen LogP contribution in [0.2, 0.25) is 10.0 Å². The topological polar surface area (TPSA) is 59.3 Å². The third-order valence-electron chi connectivity index (χ3n) is 2.75. The number of carbonyl (C=O) groups is 2. The number of rotatable bonds is 2. The average molecular weight is 340 g/mol. The van der Waals surface area contributed by atoms with E-state index in [0.29, 0.717) is 27.1 Å². The Kier molecular flexibility index (Phi) is 3.80. The lowest BCUT2D eigenvalue weighted by Crippen LogP contribution is -2.17. The van der Waals surface area contributed by atoms with Crippen molar-refractivity contribution in [1.29, 1.82) is 0 Å². The molecule has 2 heterocycles. The number of nitrogens with one attached hydrogen (secondary N) is 1. The summed E-state index contributed by atoms with van der Waals surface area (Å²) in [7, 11) is 0. The summed E-state index contributed by atoms with van der Waals surface area (Å²) in [6, 6.07) is 8.55. The molecule has 1 aliphatic heterocycles. The number of thioether (sulfide) groups is 1. The van der Waals surface area contributed by atoms with Gasteiger partial charge in [0.1, 0.15) is 11.5 Å². The van der Waals surface area contributed by atoms with Crippen LogP contribution in [0.5, 0.6) is 0 Å². The molecule has 1 aliphatic rings. The lowest BCUT2D eigenvalue weighted by molar-refractivity contribution is -0.115. The molecule has 0 unspecified atom stereocenters. The van der Waals surface area contributed by atoms with Crippen LogP contribution in [0.4, 0.5) is 4.79 Å². The van der Waals surface area contributed by atoms with Gasteiger partial charge in [-0.1, -0.05) is 29.3 Å². The zero-order chi connectivity index (χ0) is 15.0. The molecular formula is C14H7Cl2NO3S. The number of carbonyl (C=O) groups excluding carboxylic acids is 2. The van der Waals surface area contributed by atoms with Crippen molar-refractivity contribution in [3.05, 3.63) is 51.0 Å². The molecule has 0 aliphatic carbocycles. The summed E-state index contributed by atoms with van der Waals surface area (Å²) in [5.74, 6) is 0.499. The van der Waals surface area contributed by atoms with Crippen LogP contribution in [0.1, 0.15) is 5.76 Å². The summed E-state index contributed by atoms with van der Waals surface area (Å²) in [5, 5.41) is 2.72. The Balaban J connectivity index is 1.96. The first-order valence-corrected chi connectivity index (χ1v) is 7.41. The number of halogens is 2. The van der Waals surface area contributed by atoms with Gasteiger partial charge in [-0.15, -0.1) is 0 Å². The van der Waals surface area contributed by atoms with E-state index in [1.54, 1.807) is 30.3 Å². The number of furan rings is 1. The fourth-order valence-electron chi connectivity index (χ4n) is 1.85. The van der Waals surface area contributed by atoms with Crippen molar-refractivity contribution < 1.29 is 14.0 Å². The largest absolute Gasteiger partial charge is 0.457 e. The minimum atomic E-state index is -0.432. The summed E-state index contributed by atoms with van der Waals surface area (Å²) in [6.45, 7) is 0. The highest BCUT2D eigenvalue weighted by molar-refractivity contribution is 8.18. The molecule has 21 heavy (non-hydrogen) atoms. The molecule has 1 saturated heterocycles. The minimum absolute atomic E-state index is 0.283. The summed E-state index contributed by atoms with van der Waals surface area (Å²) in [4.78, 5) is 22.8. The third-order valence-corrected chi connectivity index (χ3v) is 4.19. The first-order valence-electron chi connectivity index (χ1n) is 5.83. The lowest BCUT2D eigenvalue weighted by Gasteiger charge is -2.02. The molecule has 0 saturated carbocycles. The van der Waals surface area contributed by atoms with Crippen LogP contribution in [0.25, 0.3) is 17.4 Å². The van der Waals surface area contributed by atoms with Gasteiger partial charge in [-0.05, 0) is 36.0 Å². The van der Waals surface area contributed by atoms with E-state index in [4.69, 9.17) is 27.6 Å². The van der Waals surface area contributed by atoms with Crippen LogP contribution in [-0.4, -0.2) is 11.1 Å². The smallest absolute Gasteiger partial charge is 0.290 e. The Labute approximate surface area is 134 Å². The third kappa shape index (κ3) is 2.85. The van der Waals surface area contributed by atoms with Crippen LogP contribution < -0.4 is 5.32 Å². The van der Waals surface area contributed by atoms with Gasteiger partial charge in [0.2, 0.25) is 0 Å². The Bertz CT molecular complexity index is 762. The molecule has 1 fully saturated rings. The number of imide groups is 1. The van der Waals surface area contributed by atoms with Crippen molar-refractivity contribution in [3.8, 4) is 11.3 Å². The van der Waals surface area contributed by atoms with Crippen LogP contribution in [-0.2, 0) is 4.79 Å². The van der Waals surface area contributed by atoms with Gasteiger partial charge in [-0.3, -0.25) is 14.9 Å². The molecule has 1 aromatic carbocycles. The Hall–Kier alpha value is -1.69. The summed E-state index contributed by atoms with van der Waals surface area (Å²) in [6.07, 6.45) is 1.50. The van der Waals surface area contributed by atoms with Gasteiger partial charge in [0.05, 0.1) is 20.5 Å². The zero-order valence-corrected chi connectivity index (χ0v) is 12.7. The molecule has 106 valence electrons. The lowest BCUT2D eigenvalue weighted by atomic mass is 10.2. The molecule has 3 rings (SSSR count). The van der Waals surface area contributed by atoms with Gasteiger partial charge in [-0.25, -0.2) is 0 Å². The Morgan fingerprint density at radius 1 is 1.10 bits per heavy atom. The van der Waals surface area contributed by atoms with Gasteiger partial charge in [0.25, 0.3) is 11.1 Å². The molecule has 7 heteroatoms. The summed E-state index contributed by atoms with van der Waals surface area (Å²) >= 11 is 13.1. The molecule has 4 nitrogen and oxygen atoms in total. The first kappa shape index (κ1) is 14.3. The normalized spacial score (nSPS) is 16.6. The van der Waals surface area contributed by atoms with Crippen LogP contribution >= 0.6 is 35.0 Å². The second kappa shape index (κ2) is 5.60. The van der Waals surface area contributed by atoms with Crippen molar-refractivity contribution in [2.75, 3.05) is 0 Å². The maximum absolute atomic E-state index is 11.5. The van der Waals surface area contributed by atoms with E-state index in [-0.39, 0.29) is 4.91 Å². The van der Waals surface area contributed by atoms with Crippen LogP contribution in [0, 0.1) is 0 Å². The van der Waals surface area contributed by atoms with Gasteiger partial charge in [0.15, 0.2) is 0 Å². The van der Waals surface area contributed by atoms with E-state index in [0.717, 1.165) is 11.8 Å². The summed E-state index contributed by atoms with van der Waals surface area (Å²) < 4.78 is 5.63. The highest BCUT2D eigenvalue weighted by Gasteiger charge is 2.25. The maximum Gasteiger partial charge on any atom is 0.290 e. The molecule has 1 N–H and O–H groups in total. The zero-order valence-electron chi connectivity index (χ0n) is 10.4. The highest BCUT2D eigenvalue weighted by atomic mass is 35.5. The number of hydrogen-bond acceptors (Lipinski definition) is 4. The van der Waals surface area contributed by atoms with Gasteiger partial charge >= 0.3 is 0 Å². The Morgan fingerprint density at radius 3 is 2.43 bits per heavy atom. The second-order valence-corrected chi connectivity index (χ2v) is 5.98. The van der Waals surface area contributed by atoms with Crippen molar-refractivity contribution in [3.63, 3.8) is 0 Å². The summed E-state index contributed by atoms with van der Waals surface area (Å²) in [5.41, 5.74) is 0.588. The minimum Gasteiger partial charge on any atom is -0.457 e. The number of benzene rings is 1. The molecule has 2 aromatic rings. The van der Waals surface area contributed by atoms with Crippen molar-refractivity contribution >= 4 is 52.2 Å². The van der Waals surface area contributed by atoms with Crippen LogP contribution in [0.15, 0.2) is 39.7 Å². The Morgan fingerprint density at radius 2 is 1.81 bits per heavy atom. The van der Waals surface area contributed by atoms with E-state index in [9.17, 15) is 9.59 Å².